The summed E-state index contributed by atoms with van der Waals surface area (Å²) in [6.07, 6.45) is 0.0128. The van der Waals surface area contributed by atoms with Crippen LogP contribution in [0, 0.1) is 11.8 Å². The second-order valence-electron chi connectivity index (χ2n) is 9.69. The molecule has 0 aliphatic carbocycles. The highest BCUT2D eigenvalue weighted by atomic mass is 16.5. The number of nitrogens with two attached hydrogens (primary N) is 1. The van der Waals surface area contributed by atoms with Crippen molar-refractivity contribution in [2.45, 2.75) is 12.5 Å². The Kier molecular flexibility index (Phi) is 5.52. The minimum Gasteiger partial charge on any atom is -0.465 e. The molecule has 10 heteroatoms. The van der Waals surface area contributed by atoms with Gasteiger partial charge in [-0.25, -0.2) is 9.48 Å². The maximum Gasteiger partial charge on any atom is 0.407 e. The van der Waals surface area contributed by atoms with Gasteiger partial charge in [-0.15, -0.1) is 0 Å². The number of aromatic nitrogens is 2. The van der Waals surface area contributed by atoms with Crippen molar-refractivity contribution >= 4 is 17.7 Å². The first kappa shape index (κ1) is 22.4. The van der Waals surface area contributed by atoms with Crippen LogP contribution in [0.4, 0.5) is 10.5 Å². The average Bonchev–Trinajstić information content (AvgIpc) is 3.56. The molecule has 2 aromatic carbocycles. The summed E-state index contributed by atoms with van der Waals surface area (Å²) in [6, 6.07) is 17.0. The van der Waals surface area contributed by atoms with Crippen LogP contribution in [0.3, 0.4) is 0 Å². The molecule has 0 spiro atoms. The molecule has 2 amide bonds. The van der Waals surface area contributed by atoms with Crippen LogP contribution < -0.4 is 15.8 Å². The van der Waals surface area contributed by atoms with Gasteiger partial charge in [-0.05, 0) is 54.7 Å². The maximum absolute atomic E-state index is 12.5. The highest BCUT2D eigenvalue weighted by molar-refractivity contribution is 5.98. The first-order valence-electron chi connectivity index (χ1n) is 12.2. The number of benzene rings is 2. The standard InChI is InChI=1S/C26H28N6O4/c27-25(33)24-23-22(21(10-11-28-23)30-12-16-14-31(26(34)35)15-17(16)13-30)29-32(24)18-6-8-20(9-7-18)36-19-4-2-1-3-5-19/h1-9,16-17,21,28H,10-15H2,(H2,27,33)(H,34,35). The zero-order chi connectivity index (χ0) is 24.8. The van der Waals surface area contributed by atoms with E-state index in [0.717, 1.165) is 36.6 Å². The van der Waals surface area contributed by atoms with Crippen molar-refractivity contribution in [1.29, 1.82) is 0 Å². The van der Waals surface area contributed by atoms with Gasteiger partial charge >= 0.3 is 6.09 Å². The monoisotopic (exact) mass is 488 g/mol. The molecule has 3 aromatic rings. The second kappa shape index (κ2) is 8.87. The van der Waals surface area contributed by atoms with Crippen LogP contribution in [0.25, 0.3) is 5.69 Å². The van der Waals surface area contributed by atoms with Gasteiger partial charge in [0.1, 0.15) is 17.2 Å². The Balaban J connectivity index is 1.27. The summed E-state index contributed by atoms with van der Waals surface area (Å²) in [6.45, 7) is 3.51. The first-order chi connectivity index (χ1) is 17.5. The van der Waals surface area contributed by atoms with E-state index in [1.165, 1.54) is 4.90 Å². The summed E-state index contributed by atoms with van der Waals surface area (Å²) < 4.78 is 7.51. The fraction of sp³-hybridized carbons (Fsp3) is 0.346. The second-order valence-corrected chi connectivity index (χ2v) is 9.69. The molecule has 2 fully saturated rings. The minimum absolute atomic E-state index is 0.0464. The lowest BCUT2D eigenvalue weighted by atomic mass is 10.0. The zero-order valence-electron chi connectivity index (χ0n) is 19.7. The zero-order valence-corrected chi connectivity index (χ0v) is 19.7. The number of carbonyl (C=O) groups excluding carboxylic acids is 1. The Morgan fingerprint density at radius 3 is 2.28 bits per heavy atom. The third kappa shape index (κ3) is 3.93. The van der Waals surface area contributed by atoms with Crippen LogP contribution in [-0.2, 0) is 0 Å². The molecule has 186 valence electrons. The van der Waals surface area contributed by atoms with Crippen molar-refractivity contribution in [2.24, 2.45) is 17.6 Å². The molecular weight excluding hydrogens is 460 g/mol. The molecule has 4 heterocycles. The van der Waals surface area contributed by atoms with Crippen molar-refractivity contribution in [3.8, 4) is 17.2 Å². The van der Waals surface area contributed by atoms with Crippen molar-refractivity contribution in [2.75, 3.05) is 38.0 Å². The number of para-hydroxylation sites is 1. The summed E-state index contributed by atoms with van der Waals surface area (Å²) in [5, 5.41) is 17.6. The van der Waals surface area contributed by atoms with E-state index in [4.69, 9.17) is 15.6 Å². The Hall–Kier alpha value is -4.05. The van der Waals surface area contributed by atoms with E-state index >= 15 is 0 Å². The lowest BCUT2D eigenvalue weighted by molar-refractivity contribution is 0.0993. The van der Waals surface area contributed by atoms with Crippen LogP contribution >= 0.6 is 0 Å². The molecule has 0 bridgehead atoms. The van der Waals surface area contributed by atoms with Gasteiger partial charge < -0.3 is 25.8 Å². The third-order valence-electron chi connectivity index (χ3n) is 7.47. The number of hydrogen-bond donors (Lipinski definition) is 3. The minimum atomic E-state index is -0.842. The number of nitrogens with zero attached hydrogens (tertiary/aromatic N) is 4. The van der Waals surface area contributed by atoms with Gasteiger partial charge in [0.2, 0.25) is 0 Å². The molecule has 6 rings (SSSR count). The molecule has 1 aromatic heterocycles. The van der Waals surface area contributed by atoms with E-state index in [-0.39, 0.29) is 6.04 Å². The predicted octanol–water partition coefficient (Wildman–Crippen LogP) is 3.16. The number of carbonyl (C=O) groups is 2. The first-order valence-corrected chi connectivity index (χ1v) is 12.2. The van der Waals surface area contributed by atoms with E-state index in [2.05, 4.69) is 10.2 Å². The Bertz CT molecular complexity index is 1280. The number of hydrogen-bond acceptors (Lipinski definition) is 6. The summed E-state index contributed by atoms with van der Waals surface area (Å²) in [5.74, 6) is 1.53. The molecule has 3 aliphatic rings. The van der Waals surface area contributed by atoms with Crippen molar-refractivity contribution in [3.63, 3.8) is 0 Å². The fourth-order valence-electron chi connectivity index (χ4n) is 5.80. The van der Waals surface area contributed by atoms with Crippen LogP contribution in [0.5, 0.6) is 11.5 Å². The maximum atomic E-state index is 12.5. The van der Waals surface area contributed by atoms with E-state index < -0.39 is 12.0 Å². The number of rotatable bonds is 5. The molecule has 3 unspecified atom stereocenters. The van der Waals surface area contributed by atoms with Gasteiger partial charge in [-0.2, -0.15) is 5.10 Å². The molecule has 3 atom stereocenters. The Labute approximate surface area is 208 Å². The van der Waals surface area contributed by atoms with Gasteiger partial charge in [0.25, 0.3) is 5.91 Å². The Morgan fingerprint density at radius 1 is 0.972 bits per heavy atom. The topological polar surface area (TPSA) is 126 Å². The van der Waals surface area contributed by atoms with Crippen LogP contribution in [0.2, 0.25) is 0 Å². The quantitative estimate of drug-likeness (QED) is 0.504. The molecule has 36 heavy (non-hydrogen) atoms. The highest BCUT2D eigenvalue weighted by Gasteiger charge is 2.45. The van der Waals surface area contributed by atoms with Gasteiger partial charge in [0.05, 0.1) is 17.4 Å². The molecule has 4 N–H and O–H groups in total. The van der Waals surface area contributed by atoms with Crippen molar-refractivity contribution in [1.82, 2.24) is 19.6 Å². The van der Waals surface area contributed by atoms with E-state index in [1.807, 2.05) is 54.6 Å². The van der Waals surface area contributed by atoms with E-state index in [9.17, 15) is 14.7 Å². The summed E-state index contributed by atoms with van der Waals surface area (Å²) >= 11 is 0. The number of nitrogens with one attached hydrogen (secondary N) is 1. The van der Waals surface area contributed by atoms with Crippen LogP contribution in [0.1, 0.15) is 28.6 Å². The fourth-order valence-corrected chi connectivity index (χ4v) is 5.80. The molecule has 3 aliphatic heterocycles. The molecule has 10 nitrogen and oxygen atoms in total. The molecular formula is C26H28N6O4. The lowest BCUT2D eigenvalue weighted by Gasteiger charge is -2.32. The number of carboxylic acid groups (broad SMARTS) is 1. The highest BCUT2D eigenvalue weighted by Crippen LogP contribution is 2.42. The van der Waals surface area contributed by atoms with Gasteiger partial charge in [-0.3, -0.25) is 9.69 Å². The van der Waals surface area contributed by atoms with Crippen molar-refractivity contribution in [3.05, 3.63) is 66.0 Å². The van der Waals surface area contributed by atoms with Crippen LogP contribution in [0.15, 0.2) is 54.6 Å². The predicted molar refractivity (Wildman–Crippen MR) is 133 cm³/mol. The number of fused-ring (bicyclic) bond motifs is 2. The Morgan fingerprint density at radius 2 is 1.64 bits per heavy atom. The number of anilines is 1. The SMILES string of the molecule is NC(=O)c1c2c(nn1-c1ccc(Oc3ccccc3)cc1)C(N1CC3CN(C(=O)O)CC3C1)CCN2. The lowest BCUT2D eigenvalue weighted by Crippen LogP contribution is -2.36. The van der Waals surface area contributed by atoms with E-state index in [0.29, 0.717) is 48.6 Å². The van der Waals surface area contributed by atoms with Gasteiger partial charge in [0.15, 0.2) is 5.69 Å². The molecule has 0 saturated carbocycles. The van der Waals surface area contributed by atoms with Crippen molar-refractivity contribution < 1.29 is 19.4 Å². The summed E-state index contributed by atoms with van der Waals surface area (Å²) in [4.78, 5) is 27.8. The number of likely N-dealkylation sites (tertiary alicyclic amines) is 2. The molecule has 0 radical (unpaired) electrons. The third-order valence-corrected chi connectivity index (χ3v) is 7.47. The number of amides is 2. The van der Waals surface area contributed by atoms with E-state index in [1.54, 1.807) is 4.68 Å². The van der Waals surface area contributed by atoms with Gasteiger partial charge in [0, 0.05) is 32.7 Å². The summed E-state index contributed by atoms with van der Waals surface area (Å²) in [5.41, 5.74) is 8.39. The largest absolute Gasteiger partial charge is 0.465 e. The summed E-state index contributed by atoms with van der Waals surface area (Å²) in [7, 11) is 0. The smallest absolute Gasteiger partial charge is 0.407 e. The number of ether oxygens (including phenoxy) is 1. The normalized spacial score (nSPS) is 23.1. The average molecular weight is 489 g/mol. The number of primary amides is 1. The van der Waals surface area contributed by atoms with Crippen LogP contribution in [-0.4, -0.2) is 69.4 Å². The van der Waals surface area contributed by atoms with Gasteiger partial charge in [-0.1, -0.05) is 18.2 Å². The molecule has 2 saturated heterocycles.